The Labute approximate surface area is 158 Å². The van der Waals surface area contributed by atoms with E-state index in [-0.39, 0.29) is 24.5 Å². The van der Waals surface area contributed by atoms with Crippen molar-refractivity contribution in [2.45, 2.75) is 45.4 Å². The molecule has 2 unspecified atom stereocenters. The van der Waals surface area contributed by atoms with Crippen molar-refractivity contribution in [1.29, 1.82) is 0 Å². The van der Waals surface area contributed by atoms with Gasteiger partial charge in [0, 0.05) is 20.5 Å². The molecule has 4 heterocycles. The molecule has 2 fully saturated rings. The summed E-state index contributed by atoms with van der Waals surface area (Å²) < 4.78 is 11.5. The molecule has 2 saturated heterocycles. The Morgan fingerprint density at radius 2 is 2.22 bits per heavy atom. The fraction of sp³-hybridized carbons (Fsp3) is 0.684. The standard InChI is InChI=1S/C19H26N4O4/c1-11(2)6-8-23-10-19-7-5-13(27-19)15(16(19)18(23)25)17(24)22(4)9-14-21-20-12(3)26-14/h5,7,11,13,15-16H,6,8-10H2,1-4H3/t13-,15?,16?,19-/m0/s1. The molecule has 2 bridgehead atoms. The summed E-state index contributed by atoms with van der Waals surface area (Å²) in [5.74, 6) is 0.329. The van der Waals surface area contributed by atoms with Gasteiger partial charge in [-0.3, -0.25) is 9.59 Å². The first-order valence-electron chi connectivity index (χ1n) is 9.50. The van der Waals surface area contributed by atoms with E-state index in [0.717, 1.165) is 6.42 Å². The Bertz CT molecular complexity index is 788. The average Bonchev–Trinajstić information content (AvgIpc) is 3.34. The number of carbonyl (C=O) groups is 2. The summed E-state index contributed by atoms with van der Waals surface area (Å²) in [6.45, 7) is 7.45. The van der Waals surface area contributed by atoms with Crippen LogP contribution >= 0.6 is 0 Å². The normalized spacial score (nSPS) is 31.2. The van der Waals surface area contributed by atoms with Crippen molar-refractivity contribution in [3.8, 4) is 0 Å². The van der Waals surface area contributed by atoms with Gasteiger partial charge in [0.1, 0.15) is 5.60 Å². The molecule has 0 N–H and O–H groups in total. The summed E-state index contributed by atoms with van der Waals surface area (Å²) in [6.07, 6.45) is 4.52. The Balaban J connectivity index is 1.51. The summed E-state index contributed by atoms with van der Waals surface area (Å²) in [4.78, 5) is 29.6. The summed E-state index contributed by atoms with van der Waals surface area (Å²) in [7, 11) is 1.69. The van der Waals surface area contributed by atoms with Crippen LogP contribution in [0.1, 0.15) is 32.0 Å². The van der Waals surface area contributed by atoms with Gasteiger partial charge in [0.05, 0.1) is 31.0 Å². The lowest BCUT2D eigenvalue weighted by Crippen LogP contribution is -2.44. The predicted octanol–water partition coefficient (Wildman–Crippen LogP) is 1.16. The molecule has 0 aliphatic carbocycles. The largest absolute Gasteiger partial charge is 0.424 e. The Kier molecular flexibility index (Phi) is 4.33. The van der Waals surface area contributed by atoms with Gasteiger partial charge in [0.25, 0.3) is 0 Å². The molecule has 2 amide bonds. The van der Waals surface area contributed by atoms with Gasteiger partial charge in [-0.2, -0.15) is 0 Å². The van der Waals surface area contributed by atoms with Crippen molar-refractivity contribution in [1.82, 2.24) is 20.0 Å². The molecule has 3 aliphatic rings. The summed E-state index contributed by atoms with van der Waals surface area (Å²) in [5, 5.41) is 7.74. The van der Waals surface area contributed by atoms with Crippen LogP contribution in [-0.4, -0.2) is 63.7 Å². The van der Waals surface area contributed by atoms with Crippen LogP contribution in [0, 0.1) is 24.7 Å². The van der Waals surface area contributed by atoms with Crippen molar-refractivity contribution in [3.63, 3.8) is 0 Å². The van der Waals surface area contributed by atoms with E-state index in [9.17, 15) is 9.59 Å². The molecule has 4 atom stereocenters. The molecule has 4 rings (SSSR count). The lowest BCUT2D eigenvalue weighted by Gasteiger charge is -2.27. The lowest BCUT2D eigenvalue weighted by atomic mass is 9.76. The first-order valence-corrected chi connectivity index (χ1v) is 9.50. The van der Waals surface area contributed by atoms with Gasteiger partial charge in [0.2, 0.25) is 23.6 Å². The molecule has 0 aromatic carbocycles. The quantitative estimate of drug-likeness (QED) is 0.695. The average molecular weight is 374 g/mol. The van der Waals surface area contributed by atoms with E-state index in [1.54, 1.807) is 18.9 Å². The fourth-order valence-electron chi connectivity index (χ4n) is 4.40. The summed E-state index contributed by atoms with van der Waals surface area (Å²) >= 11 is 0. The smallest absolute Gasteiger partial charge is 0.235 e. The minimum atomic E-state index is -0.652. The highest BCUT2D eigenvalue weighted by Crippen LogP contribution is 2.52. The molecule has 0 radical (unpaired) electrons. The molecule has 146 valence electrons. The van der Waals surface area contributed by atoms with Crippen LogP contribution in [0.5, 0.6) is 0 Å². The van der Waals surface area contributed by atoms with E-state index in [1.807, 2.05) is 17.1 Å². The van der Waals surface area contributed by atoms with Gasteiger partial charge >= 0.3 is 0 Å². The Morgan fingerprint density at radius 3 is 2.89 bits per heavy atom. The molecule has 8 nitrogen and oxygen atoms in total. The van der Waals surface area contributed by atoms with E-state index in [0.29, 0.717) is 30.8 Å². The number of fused-ring (bicyclic) bond motifs is 1. The molecule has 3 aliphatic heterocycles. The number of aromatic nitrogens is 2. The number of rotatable bonds is 6. The molecule has 27 heavy (non-hydrogen) atoms. The first-order chi connectivity index (χ1) is 12.8. The van der Waals surface area contributed by atoms with Gasteiger partial charge in [-0.05, 0) is 12.3 Å². The second-order valence-electron chi connectivity index (χ2n) is 8.25. The van der Waals surface area contributed by atoms with Gasteiger partial charge in [-0.25, -0.2) is 0 Å². The monoisotopic (exact) mass is 374 g/mol. The van der Waals surface area contributed by atoms with Crippen LogP contribution in [0.15, 0.2) is 16.6 Å². The number of hydrogen-bond donors (Lipinski definition) is 0. The maximum absolute atomic E-state index is 13.2. The van der Waals surface area contributed by atoms with Crippen molar-refractivity contribution >= 4 is 11.8 Å². The second kappa shape index (κ2) is 6.44. The Hall–Kier alpha value is -2.22. The third kappa shape index (κ3) is 2.96. The molecular weight excluding hydrogens is 348 g/mol. The van der Waals surface area contributed by atoms with E-state index < -0.39 is 17.4 Å². The minimum absolute atomic E-state index is 0.0304. The van der Waals surface area contributed by atoms with Crippen LogP contribution < -0.4 is 0 Å². The predicted molar refractivity (Wildman–Crippen MR) is 95.3 cm³/mol. The number of ether oxygens (including phenoxy) is 1. The summed E-state index contributed by atoms with van der Waals surface area (Å²) in [6, 6.07) is 0. The number of amides is 2. The van der Waals surface area contributed by atoms with Crippen LogP contribution in [-0.2, 0) is 20.9 Å². The zero-order valence-electron chi connectivity index (χ0n) is 16.2. The molecule has 8 heteroatoms. The van der Waals surface area contributed by atoms with E-state index in [1.165, 1.54) is 0 Å². The third-order valence-corrected chi connectivity index (χ3v) is 5.76. The highest BCUT2D eigenvalue weighted by molar-refractivity contribution is 5.92. The third-order valence-electron chi connectivity index (χ3n) is 5.76. The highest BCUT2D eigenvalue weighted by Gasteiger charge is 2.66. The van der Waals surface area contributed by atoms with E-state index >= 15 is 0 Å². The van der Waals surface area contributed by atoms with Gasteiger partial charge in [0.15, 0.2) is 0 Å². The molecule has 1 aromatic heterocycles. The molecule has 1 spiro atoms. The molecular formula is C19H26N4O4. The SMILES string of the molecule is Cc1nnc(CN(C)C(=O)C2C3C(=O)N(CCC(C)C)C[C@@]34C=C[C@@H]2O4)o1. The highest BCUT2D eigenvalue weighted by atomic mass is 16.5. The van der Waals surface area contributed by atoms with Crippen LogP contribution in [0.3, 0.4) is 0 Å². The number of carbonyl (C=O) groups excluding carboxylic acids is 2. The number of aryl methyl sites for hydroxylation is 1. The topological polar surface area (TPSA) is 88.8 Å². The van der Waals surface area contributed by atoms with E-state index in [2.05, 4.69) is 24.0 Å². The van der Waals surface area contributed by atoms with Crippen molar-refractivity contribution in [2.75, 3.05) is 20.1 Å². The lowest BCUT2D eigenvalue weighted by molar-refractivity contribution is -0.143. The van der Waals surface area contributed by atoms with Crippen LogP contribution in [0.2, 0.25) is 0 Å². The maximum Gasteiger partial charge on any atom is 0.235 e. The zero-order chi connectivity index (χ0) is 19.3. The molecule has 1 aromatic rings. The van der Waals surface area contributed by atoms with Crippen LogP contribution in [0.25, 0.3) is 0 Å². The van der Waals surface area contributed by atoms with Gasteiger partial charge in [-0.15, -0.1) is 10.2 Å². The van der Waals surface area contributed by atoms with Crippen molar-refractivity contribution in [3.05, 3.63) is 23.9 Å². The first kappa shape index (κ1) is 18.2. The number of hydrogen-bond acceptors (Lipinski definition) is 6. The fourth-order valence-corrected chi connectivity index (χ4v) is 4.40. The number of nitrogens with zero attached hydrogens (tertiary/aromatic N) is 4. The second-order valence-corrected chi connectivity index (χ2v) is 8.25. The van der Waals surface area contributed by atoms with Gasteiger partial charge in [-0.1, -0.05) is 26.0 Å². The van der Waals surface area contributed by atoms with Crippen molar-refractivity contribution in [2.24, 2.45) is 17.8 Å². The Morgan fingerprint density at radius 1 is 1.44 bits per heavy atom. The maximum atomic E-state index is 13.2. The summed E-state index contributed by atoms with van der Waals surface area (Å²) in [5.41, 5.74) is -0.652. The van der Waals surface area contributed by atoms with E-state index in [4.69, 9.17) is 9.15 Å². The van der Waals surface area contributed by atoms with Crippen LogP contribution in [0.4, 0.5) is 0 Å². The van der Waals surface area contributed by atoms with Crippen molar-refractivity contribution < 1.29 is 18.7 Å². The zero-order valence-corrected chi connectivity index (χ0v) is 16.2. The number of likely N-dealkylation sites (tertiary alicyclic amines) is 1. The van der Waals surface area contributed by atoms with Gasteiger partial charge < -0.3 is 19.0 Å². The minimum Gasteiger partial charge on any atom is -0.424 e. The molecule has 0 saturated carbocycles.